The van der Waals surface area contributed by atoms with Crippen molar-refractivity contribution in [1.29, 1.82) is 0 Å². The fourth-order valence-electron chi connectivity index (χ4n) is 3.47. The third kappa shape index (κ3) is 5.02. The predicted octanol–water partition coefficient (Wildman–Crippen LogP) is 5.40. The van der Waals surface area contributed by atoms with Gasteiger partial charge in [0.2, 0.25) is 0 Å². The largest absolute Gasteiger partial charge is 0.496 e. The van der Waals surface area contributed by atoms with Crippen LogP contribution in [0, 0.1) is 10.5 Å². The van der Waals surface area contributed by atoms with Crippen molar-refractivity contribution in [2.75, 3.05) is 43.3 Å². The van der Waals surface area contributed by atoms with Gasteiger partial charge in [0, 0.05) is 35.8 Å². The number of hydrogen-bond donors (Lipinski definition) is 3. The number of methoxy groups -OCH3 is 2. The van der Waals surface area contributed by atoms with Crippen molar-refractivity contribution in [1.82, 2.24) is 9.97 Å². The number of benzene rings is 2. The summed E-state index contributed by atoms with van der Waals surface area (Å²) >= 11 is 3.60. The van der Waals surface area contributed by atoms with Crippen LogP contribution in [-0.4, -0.2) is 43.2 Å². The van der Waals surface area contributed by atoms with Crippen LogP contribution >= 0.6 is 33.9 Å². The number of nitrogens with one attached hydrogen (secondary N) is 3. The Hall–Kier alpha value is -3.12. The summed E-state index contributed by atoms with van der Waals surface area (Å²) in [6, 6.07) is 11.8. The number of halogens is 1. The molecule has 0 atom stereocenters. The van der Waals surface area contributed by atoms with E-state index in [9.17, 15) is 4.79 Å². The van der Waals surface area contributed by atoms with Crippen molar-refractivity contribution in [3.05, 3.63) is 62.8 Å². The SMILES string of the molecule is COc1cc(OC)c(I)c(NC(=O)c2csc3c(NCCNc4ccccc4)ncnc23)c1C. The molecule has 4 aromatic rings. The molecule has 0 radical (unpaired) electrons. The molecule has 10 heteroatoms. The molecule has 0 aliphatic rings. The third-order valence-electron chi connectivity index (χ3n) is 5.24. The molecule has 3 N–H and O–H groups in total. The van der Waals surface area contributed by atoms with Crippen molar-refractivity contribution in [2.45, 2.75) is 6.92 Å². The van der Waals surface area contributed by atoms with Crippen molar-refractivity contribution in [3.8, 4) is 11.5 Å². The zero-order valence-electron chi connectivity index (χ0n) is 18.9. The number of rotatable bonds is 9. The van der Waals surface area contributed by atoms with E-state index in [1.165, 1.54) is 17.7 Å². The topological polar surface area (TPSA) is 97.4 Å². The molecule has 2 heterocycles. The molecule has 4 rings (SSSR count). The van der Waals surface area contributed by atoms with Gasteiger partial charge in [0.05, 0.1) is 39.3 Å². The Kier molecular flexibility index (Phi) is 7.68. The number of nitrogens with zero attached hydrogens (tertiary/aromatic N) is 2. The summed E-state index contributed by atoms with van der Waals surface area (Å²) in [5.74, 6) is 1.72. The Morgan fingerprint density at radius 2 is 1.79 bits per heavy atom. The Morgan fingerprint density at radius 1 is 1.06 bits per heavy atom. The number of carbonyl (C=O) groups excluding carboxylic acids is 1. The fraction of sp³-hybridized carbons (Fsp3) is 0.208. The van der Waals surface area contributed by atoms with Gasteiger partial charge in [0.25, 0.3) is 5.91 Å². The highest BCUT2D eigenvalue weighted by molar-refractivity contribution is 14.1. The first-order valence-electron chi connectivity index (χ1n) is 10.5. The number of aromatic nitrogens is 2. The number of carbonyl (C=O) groups is 1. The van der Waals surface area contributed by atoms with Gasteiger partial charge in [-0.2, -0.15) is 0 Å². The lowest BCUT2D eigenvalue weighted by Gasteiger charge is -2.16. The monoisotopic (exact) mass is 589 g/mol. The van der Waals surface area contributed by atoms with Crippen LogP contribution in [0.3, 0.4) is 0 Å². The average Bonchev–Trinajstić information content (AvgIpc) is 3.30. The molecule has 8 nitrogen and oxygen atoms in total. The first-order chi connectivity index (χ1) is 16.5. The minimum Gasteiger partial charge on any atom is -0.496 e. The van der Waals surface area contributed by atoms with Gasteiger partial charge in [-0.05, 0) is 41.6 Å². The number of para-hydroxylation sites is 1. The summed E-state index contributed by atoms with van der Waals surface area (Å²) in [6.45, 7) is 3.29. The fourth-order valence-corrected chi connectivity index (χ4v) is 5.35. The van der Waals surface area contributed by atoms with Crippen LogP contribution < -0.4 is 25.4 Å². The van der Waals surface area contributed by atoms with Gasteiger partial charge in [-0.1, -0.05) is 18.2 Å². The van der Waals surface area contributed by atoms with E-state index in [2.05, 4.69) is 48.5 Å². The highest BCUT2D eigenvalue weighted by atomic mass is 127. The molecule has 2 aromatic heterocycles. The molecule has 0 aliphatic carbocycles. The molecule has 0 unspecified atom stereocenters. The molecule has 176 valence electrons. The lowest BCUT2D eigenvalue weighted by Crippen LogP contribution is -2.15. The molecule has 1 amide bonds. The van der Waals surface area contributed by atoms with Crippen molar-refractivity contribution < 1.29 is 14.3 Å². The van der Waals surface area contributed by atoms with Gasteiger partial charge in [-0.3, -0.25) is 4.79 Å². The van der Waals surface area contributed by atoms with Gasteiger partial charge in [0.15, 0.2) is 0 Å². The summed E-state index contributed by atoms with van der Waals surface area (Å²) in [6.07, 6.45) is 1.47. The van der Waals surface area contributed by atoms with Crippen LogP contribution in [-0.2, 0) is 0 Å². The third-order valence-corrected chi connectivity index (χ3v) is 7.29. The van der Waals surface area contributed by atoms with Crippen LogP contribution in [0.2, 0.25) is 0 Å². The molecule has 0 saturated heterocycles. The average molecular weight is 589 g/mol. The minimum absolute atomic E-state index is 0.252. The maximum absolute atomic E-state index is 13.2. The van der Waals surface area contributed by atoms with E-state index in [-0.39, 0.29) is 5.91 Å². The number of fused-ring (bicyclic) bond motifs is 1. The molecule has 0 aliphatic heterocycles. The zero-order chi connectivity index (χ0) is 24.1. The van der Waals surface area contributed by atoms with Gasteiger partial charge in [-0.15, -0.1) is 11.3 Å². The standard InChI is InChI=1S/C24H24IN5O3S/c1-14-17(32-2)11-18(33-3)19(25)20(14)30-24(31)16-12-34-22-21(16)28-13-29-23(22)27-10-9-26-15-7-5-4-6-8-15/h4-8,11-13,26H,9-10H2,1-3H3,(H,30,31)(H,27,28,29). The number of amides is 1. The number of thiophene rings is 1. The summed E-state index contributed by atoms with van der Waals surface area (Å²) < 4.78 is 12.5. The van der Waals surface area contributed by atoms with E-state index in [4.69, 9.17) is 9.47 Å². The van der Waals surface area contributed by atoms with E-state index in [0.29, 0.717) is 40.6 Å². The maximum atomic E-state index is 13.2. The quantitative estimate of drug-likeness (QED) is 0.178. The van der Waals surface area contributed by atoms with Gasteiger partial charge in [0.1, 0.15) is 23.6 Å². The van der Waals surface area contributed by atoms with Crippen molar-refractivity contribution >= 4 is 67.2 Å². The summed E-state index contributed by atoms with van der Waals surface area (Å²) in [5, 5.41) is 11.5. The van der Waals surface area contributed by atoms with E-state index in [1.807, 2.05) is 48.7 Å². The van der Waals surface area contributed by atoms with E-state index in [0.717, 1.165) is 26.1 Å². The molecular formula is C24H24IN5O3S. The van der Waals surface area contributed by atoms with Crippen LogP contribution in [0.5, 0.6) is 11.5 Å². The van der Waals surface area contributed by atoms with Crippen molar-refractivity contribution in [2.24, 2.45) is 0 Å². The second kappa shape index (κ2) is 10.9. The predicted molar refractivity (Wildman–Crippen MR) is 146 cm³/mol. The van der Waals surface area contributed by atoms with Crippen LogP contribution in [0.4, 0.5) is 17.2 Å². The number of anilines is 3. The van der Waals surface area contributed by atoms with Crippen LogP contribution in [0.1, 0.15) is 15.9 Å². The molecular weight excluding hydrogens is 565 g/mol. The summed E-state index contributed by atoms with van der Waals surface area (Å²) in [5.41, 5.74) is 3.64. The van der Waals surface area contributed by atoms with E-state index in [1.54, 1.807) is 14.2 Å². The Morgan fingerprint density at radius 3 is 2.53 bits per heavy atom. The summed E-state index contributed by atoms with van der Waals surface area (Å²) in [7, 11) is 3.18. The Labute approximate surface area is 215 Å². The van der Waals surface area contributed by atoms with E-state index < -0.39 is 0 Å². The lowest BCUT2D eigenvalue weighted by atomic mass is 10.1. The highest BCUT2D eigenvalue weighted by Crippen LogP contribution is 2.38. The van der Waals surface area contributed by atoms with Crippen molar-refractivity contribution in [3.63, 3.8) is 0 Å². The Bertz CT molecular complexity index is 1280. The van der Waals surface area contributed by atoms with Crippen LogP contribution in [0.25, 0.3) is 10.2 Å². The van der Waals surface area contributed by atoms with E-state index >= 15 is 0 Å². The molecule has 0 fully saturated rings. The first kappa shape index (κ1) is 24.0. The molecule has 2 aromatic carbocycles. The molecule has 0 bridgehead atoms. The lowest BCUT2D eigenvalue weighted by molar-refractivity contribution is 0.102. The van der Waals surface area contributed by atoms with Gasteiger partial charge >= 0.3 is 0 Å². The first-order valence-corrected chi connectivity index (χ1v) is 12.5. The summed E-state index contributed by atoms with van der Waals surface area (Å²) in [4.78, 5) is 22.0. The molecule has 0 saturated carbocycles. The Balaban J connectivity index is 1.52. The van der Waals surface area contributed by atoms with Gasteiger partial charge in [-0.25, -0.2) is 9.97 Å². The van der Waals surface area contributed by atoms with Crippen LogP contribution in [0.15, 0.2) is 48.1 Å². The molecule has 34 heavy (non-hydrogen) atoms. The smallest absolute Gasteiger partial charge is 0.258 e. The van der Waals surface area contributed by atoms with Gasteiger partial charge < -0.3 is 25.4 Å². The second-order valence-electron chi connectivity index (χ2n) is 7.32. The zero-order valence-corrected chi connectivity index (χ0v) is 21.9. The number of ether oxygens (including phenoxy) is 2. The maximum Gasteiger partial charge on any atom is 0.258 e. The number of hydrogen-bond acceptors (Lipinski definition) is 8. The normalized spacial score (nSPS) is 10.7. The minimum atomic E-state index is -0.252. The second-order valence-corrected chi connectivity index (χ2v) is 9.28. The highest BCUT2D eigenvalue weighted by Gasteiger charge is 2.21. The molecule has 0 spiro atoms.